The average Bonchev–Trinajstić information content (AvgIpc) is 2.82. The summed E-state index contributed by atoms with van der Waals surface area (Å²) < 4.78 is 33.2. The van der Waals surface area contributed by atoms with Gasteiger partial charge in [0.2, 0.25) is 6.41 Å². The normalized spacial score (nSPS) is 13.2. The molecule has 0 bridgehead atoms. The van der Waals surface area contributed by atoms with E-state index in [1.165, 1.54) is 19.1 Å². The van der Waals surface area contributed by atoms with Gasteiger partial charge in [0.25, 0.3) is 5.91 Å². The number of nitrogens with one attached hydrogen (secondary N) is 1. The van der Waals surface area contributed by atoms with Crippen molar-refractivity contribution in [3.05, 3.63) is 59.2 Å². The first-order valence-electron chi connectivity index (χ1n) is 10.4. The van der Waals surface area contributed by atoms with Gasteiger partial charge < -0.3 is 19.3 Å². The second-order valence-corrected chi connectivity index (χ2v) is 8.07. The van der Waals surface area contributed by atoms with Crippen LogP contribution in [0.15, 0.2) is 36.4 Å². The first-order valence-corrected chi connectivity index (χ1v) is 11.3. The molecule has 0 atom stereocenters. The molecule has 0 spiro atoms. The Morgan fingerprint density at radius 3 is 2.47 bits per heavy atom. The number of amides is 2. The van der Waals surface area contributed by atoms with Gasteiger partial charge in [0.1, 0.15) is 5.75 Å². The summed E-state index contributed by atoms with van der Waals surface area (Å²) in [4.78, 5) is 26.8. The second kappa shape index (κ2) is 12.9. The Morgan fingerprint density at radius 1 is 1.19 bits per heavy atom. The van der Waals surface area contributed by atoms with E-state index in [1.807, 2.05) is 12.1 Å². The summed E-state index contributed by atoms with van der Waals surface area (Å²) in [5.74, 6) is -0.00753. The largest absolute Gasteiger partial charge is 0.496 e. The van der Waals surface area contributed by atoms with E-state index in [4.69, 9.17) is 4.74 Å². The van der Waals surface area contributed by atoms with Gasteiger partial charge in [-0.25, -0.2) is 8.78 Å². The van der Waals surface area contributed by atoms with Crippen LogP contribution in [0, 0.1) is 18.6 Å². The van der Waals surface area contributed by atoms with E-state index in [-0.39, 0.29) is 5.91 Å². The molecule has 1 aliphatic heterocycles. The highest BCUT2D eigenvalue weighted by Crippen LogP contribution is 2.26. The van der Waals surface area contributed by atoms with Gasteiger partial charge >= 0.3 is 0 Å². The average molecular weight is 466 g/mol. The molecular formula is C23H29F2N3O3S. The van der Waals surface area contributed by atoms with Gasteiger partial charge in [-0.15, -0.1) is 0 Å². The SMILES string of the molecule is CCCSNc1ccc(C(=O)N2CCN(C=O)CC2)c(OC)c1.Cc1cccc(F)c1F. The molecule has 2 aromatic rings. The number of rotatable bonds is 7. The third kappa shape index (κ3) is 7.12. The van der Waals surface area contributed by atoms with E-state index in [2.05, 4.69) is 11.6 Å². The maximum absolute atomic E-state index is 12.7. The van der Waals surface area contributed by atoms with Gasteiger partial charge in [0.15, 0.2) is 11.6 Å². The quantitative estimate of drug-likeness (QED) is 0.374. The predicted molar refractivity (Wildman–Crippen MR) is 124 cm³/mol. The van der Waals surface area contributed by atoms with E-state index in [9.17, 15) is 18.4 Å². The number of ether oxygens (including phenoxy) is 1. The maximum atomic E-state index is 12.7. The molecule has 0 aromatic heterocycles. The number of aryl methyl sites for hydroxylation is 1. The van der Waals surface area contributed by atoms with Crippen LogP contribution < -0.4 is 9.46 Å². The van der Waals surface area contributed by atoms with Crippen LogP contribution >= 0.6 is 11.9 Å². The fraction of sp³-hybridized carbons (Fsp3) is 0.391. The van der Waals surface area contributed by atoms with Crippen LogP contribution in [0.2, 0.25) is 0 Å². The Kier molecular flexibility index (Phi) is 10.3. The Labute approximate surface area is 192 Å². The molecular weight excluding hydrogens is 436 g/mol. The lowest BCUT2D eigenvalue weighted by Crippen LogP contribution is -2.48. The first-order chi connectivity index (χ1) is 15.4. The molecule has 6 nitrogen and oxygen atoms in total. The van der Waals surface area contributed by atoms with Crippen molar-refractivity contribution < 1.29 is 23.1 Å². The fourth-order valence-corrected chi connectivity index (χ4v) is 3.58. The zero-order valence-electron chi connectivity index (χ0n) is 18.6. The minimum Gasteiger partial charge on any atom is -0.496 e. The molecule has 32 heavy (non-hydrogen) atoms. The summed E-state index contributed by atoms with van der Waals surface area (Å²) in [7, 11) is 1.57. The Morgan fingerprint density at radius 2 is 1.91 bits per heavy atom. The zero-order chi connectivity index (χ0) is 23.5. The smallest absolute Gasteiger partial charge is 0.257 e. The molecule has 1 N–H and O–H groups in total. The number of anilines is 1. The van der Waals surface area contributed by atoms with Crippen molar-refractivity contribution in [3.8, 4) is 5.75 Å². The van der Waals surface area contributed by atoms with Crippen LogP contribution in [0.25, 0.3) is 0 Å². The maximum Gasteiger partial charge on any atom is 0.257 e. The fourth-order valence-electron chi connectivity index (χ4n) is 2.98. The summed E-state index contributed by atoms with van der Waals surface area (Å²) in [6.07, 6.45) is 1.93. The molecule has 2 amide bonds. The summed E-state index contributed by atoms with van der Waals surface area (Å²) in [5.41, 5.74) is 1.82. The minimum absolute atomic E-state index is 0.0554. The highest BCUT2D eigenvalue weighted by atomic mass is 32.2. The monoisotopic (exact) mass is 465 g/mol. The van der Waals surface area contributed by atoms with Crippen molar-refractivity contribution in [2.75, 3.05) is 43.8 Å². The molecule has 0 aliphatic carbocycles. The molecule has 1 aliphatic rings. The molecule has 0 radical (unpaired) electrons. The van der Waals surface area contributed by atoms with E-state index >= 15 is 0 Å². The lowest BCUT2D eigenvalue weighted by molar-refractivity contribution is -0.119. The Balaban J connectivity index is 0.000000336. The lowest BCUT2D eigenvalue weighted by Gasteiger charge is -2.32. The molecule has 1 fully saturated rings. The number of piperazine rings is 1. The predicted octanol–water partition coefficient (Wildman–Crippen LogP) is 4.35. The van der Waals surface area contributed by atoms with E-state index in [1.54, 1.807) is 34.9 Å². The summed E-state index contributed by atoms with van der Waals surface area (Å²) in [6.45, 7) is 5.90. The minimum atomic E-state index is -0.782. The molecule has 0 saturated carbocycles. The van der Waals surface area contributed by atoms with Gasteiger partial charge in [0, 0.05) is 43.7 Å². The number of methoxy groups -OCH3 is 1. The van der Waals surface area contributed by atoms with Crippen molar-refractivity contribution in [2.45, 2.75) is 20.3 Å². The van der Waals surface area contributed by atoms with Crippen molar-refractivity contribution in [2.24, 2.45) is 0 Å². The Hall–Kier alpha value is -2.81. The van der Waals surface area contributed by atoms with Gasteiger partial charge in [0.05, 0.1) is 12.7 Å². The molecule has 0 unspecified atom stereocenters. The number of nitrogens with zero attached hydrogens (tertiary/aromatic N) is 2. The van der Waals surface area contributed by atoms with Gasteiger partial charge in [-0.2, -0.15) is 0 Å². The third-order valence-corrected chi connectivity index (χ3v) is 5.82. The van der Waals surface area contributed by atoms with Crippen molar-refractivity contribution in [1.82, 2.24) is 9.80 Å². The zero-order valence-corrected chi connectivity index (χ0v) is 19.4. The van der Waals surface area contributed by atoms with Gasteiger partial charge in [-0.1, -0.05) is 31.0 Å². The molecule has 174 valence electrons. The Bertz CT molecular complexity index is 886. The van der Waals surface area contributed by atoms with Crippen LogP contribution in [0.4, 0.5) is 14.5 Å². The topological polar surface area (TPSA) is 61.9 Å². The molecule has 2 aromatic carbocycles. The summed E-state index contributed by atoms with van der Waals surface area (Å²) in [6, 6.07) is 9.63. The van der Waals surface area contributed by atoms with Crippen LogP contribution in [-0.2, 0) is 4.79 Å². The van der Waals surface area contributed by atoms with E-state index in [0.29, 0.717) is 43.1 Å². The van der Waals surface area contributed by atoms with Crippen molar-refractivity contribution >= 4 is 30.0 Å². The number of carbonyl (C=O) groups is 2. The van der Waals surface area contributed by atoms with Crippen LogP contribution in [0.5, 0.6) is 5.75 Å². The molecule has 9 heteroatoms. The second-order valence-electron chi connectivity index (χ2n) is 7.17. The number of hydrogen-bond acceptors (Lipinski definition) is 5. The number of carbonyl (C=O) groups excluding carboxylic acids is 2. The van der Waals surface area contributed by atoms with E-state index in [0.717, 1.165) is 30.3 Å². The van der Waals surface area contributed by atoms with E-state index < -0.39 is 11.6 Å². The molecule has 3 rings (SSSR count). The van der Waals surface area contributed by atoms with Crippen LogP contribution in [-0.4, -0.2) is 61.2 Å². The van der Waals surface area contributed by atoms with Crippen LogP contribution in [0.3, 0.4) is 0 Å². The number of halogens is 2. The van der Waals surface area contributed by atoms with Gasteiger partial charge in [-0.3, -0.25) is 9.59 Å². The number of hydrogen-bond donors (Lipinski definition) is 1. The lowest BCUT2D eigenvalue weighted by atomic mass is 10.1. The summed E-state index contributed by atoms with van der Waals surface area (Å²) >= 11 is 1.63. The molecule has 1 saturated heterocycles. The first kappa shape index (κ1) is 25.5. The van der Waals surface area contributed by atoms with Crippen molar-refractivity contribution in [3.63, 3.8) is 0 Å². The highest BCUT2D eigenvalue weighted by molar-refractivity contribution is 8.00. The highest BCUT2D eigenvalue weighted by Gasteiger charge is 2.23. The third-order valence-electron chi connectivity index (χ3n) is 4.82. The van der Waals surface area contributed by atoms with Crippen molar-refractivity contribution in [1.29, 1.82) is 0 Å². The molecule has 1 heterocycles. The van der Waals surface area contributed by atoms with Gasteiger partial charge in [-0.05, 0) is 37.1 Å². The van der Waals surface area contributed by atoms with Crippen LogP contribution in [0.1, 0.15) is 29.3 Å². The summed E-state index contributed by atoms with van der Waals surface area (Å²) in [5, 5.41) is 0. The standard InChI is InChI=1S/C16H23N3O3S.C7H6F2/c1-3-10-23-17-13-4-5-14(15(11-13)22-2)16(21)19-8-6-18(12-20)7-9-19;1-5-3-2-4-6(8)7(5)9/h4-5,11-12,17H,3,6-10H2,1-2H3;2-4H,1H3. The number of benzene rings is 2.